The molecule has 0 radical (unpaired) electrons. The minimum absolute atomic E-state index is 0.0572. The summed E-state index contributed by atoms with van der Waals surface area (Å²) in [4.78, 5) is 13.6. The van der Waals surface area contributed by atoms with Gasteiger partial charge in [-0.3, -0.25) is 4.79 Å². The average Bonchev–Trinajstić information content (AvgIpc) is 2.53. The molecule has 3 nitrogen and oxygen atoms in total. The number of hydrogen-bond donors (Lipinski definition) is 3. The van der Waals surface area contributed by atoms with Crippen molar-refractivity contribution in [3.05, 3.63) is 24.0 Å². The molecule has 0 unspecified atom stereocenters. The monoisotopic (exact) mass is 198 g/mol. The molecule has 0 atom stereocenters. The van der Waals surface area contributed by atoms with Gasteiger partial charge in [-0.05, 0) is 11.6 Å². The molecule has 0 spiro atoms. The van der Waals surface area contributed by atoms with Crippen molar-refractivity contribution >= 4 is 17.9 Å². The second-order valence-electron chi connectivity index (χ2n) is 3.64. The summed E-state index contributed by atoms with van der Waals surface area (Å²) in [6, 6.07) is 2.00. The molecule has 1 aromatic rings. The lowest BCUT2D eigenvalue weighted by molar-refractivity contribution is 0.259. The number of amides is 1. The molecular weight excluding hydrogens is 184 g/mol. The van der Waals surface area contributed by atoms with Crippen LogP contribution in [-0.2, 0) is 5.41 Å². The van der Waals surface area contributed by atoms with Gasteiger partial charge in [0.15, 0.2) is 0 Å². The molecule has 0 aliphatic rings. The Morgan fingerprint density at radius 1 is 1.69 bits per heavy atom. The number of hydrogen-bond acceptors (Lipinski definition) is 1. The maximum atomic E-state index is 10.6. The summed E-state index contributed by atoms with van der Waals surface area (Å²) in [5.74, 6) is 0. The van der Waals surface area contributed by atoms with Gasteiger partial charge in [0.05, 0.1) is 0 Å². The number of rotatable bonds is 3. The maximum absolute atomic E-state index is 10.6. The van der Waals surface area contributed by atoms with E-state index in [0.717, 1.165) is 0 Å². The SMILES string of the molecule is CC(C)(CNC(=O)S)c1cc[nH]c1. The van der Waals surface area contributed by atoms with Crippen molar-refractivity contribution in [1.29, 1.82) is 0 Å². The normalized spacial score (nSPS) is 11.3. The van der Waals surface area contributed by atoms with Crippen LogP contribution in [0.2, 0.25) is 0 Å². The van der Waals surface area contributed by atoms with Crippen LogP contribution in [0, 0.1) is 0 Å². The lowest BCUT2D eigenvalue weighted by atomic mass is 9.86. The number of nitrogens with one attached hydrogen (secondary N) is 2. The van der Waals surface area contributed by atoms with Crippen molar-refractivity contribution in [2.24, 2.45) is 0 Å². The number of aromatic amines is 1. The predicted octanol–water partition coefficient (Wildman–Crippen LogP) is 1.93. The highest BCUT2D eigenvalue weighted by molar-refractivity contribution is 7.96. The second kappa shape index (κ2) is 3.87. The molecule has 1 rings (SSSR count). The van der Waals surface area contributed by atoms with Crippen molar-refractivity contribution in [3.8, 4) is 0 Å². The van der Waals surface area contributed by atoms with E-state index in [9.17, 15) is 4.79 Å². The van der Waals surface area contributed by atoms with E-state index in [2.05, 4.69) is 36.8 Å². The number of thiol groups is 1. The number of carbonyl (C=O) groups excluding carboxylic acids is 1. The van der Waals surface area contributed by atoms with Gasteiger partial charge in [-0.25, -0.2) is 0 Å². The molecule has 13 heavy (non-hydrogen) atoms. The molecule has 4 heteroatoms. The van der Waals surface area contributed by atoms with Crippen molar-refractivity contribution in [2.75, 3.05) is 6.54 Å². The molecule has 1 amide bonds. The first-order valence-electron chi connectivity index (χ1n) is 4.12. The minimum atomic E-state index is -0.288. The van der Waals surface area contributed by atoms with Crippen LogP contribution < -0.4 is 5.32 Å². The zero-order chi connectivity index (χ0) is 9.90. The Balaban J connectivity index is 2.61. The summed E-state index contributed by atoms with van der Waals surface area (Å²) in [5, 5.41) is 2.40. The zero-order valence-electron chi connectivity index (χ0n) is 7.79. The molecule has 0 fully saturated rings. The molecule has 0 aromatic carbocycles. The van der Waals surface area contributed by atoms with E-state index in [0.29, 0.717) is 6.54 Å². The smallest absolute Gasteiger partial charge is 0.276 e. The predicted molar refractivity (Wildman–Crippen MR) is 56.2 cm³/mol. The summed E-state index contributed by atoms with van der Waals surface area (Å²) < 4.78 is 0. The molecule has 2 N–H and O–H groups in total. The van der Waals surface area contributed by atoms with Crippen LogP contribution in [0.15, 0.2) is 18.5 Å². The van der Waals surface area contributed by atoms with Crippen LogP contribution in [0.4, 0.5) is 4.79 Å². The summed E-state index contributed by atoms with van der Waals surface area (Å²) in [7, 11) is 0. The van der Waals surface area contributed by atoms with Crippen molar-refractivity contribution in [1.82, 2.24) is 10.3 Å². The van der Waals surface area contributed by atoms with Gasteiger partial charge in [-0.2, -0.15) is 0 Å². The van der Waals surface area contributed by atoms with Gasteiger partial charge in [0, 0.05) is 24.4 Å². The van der Waals surface area contributed by atoms with Crippen LogP contribution >= 0.6 is 12.6 Å². The van der Waals surface area contributed by atoms with Gasteiger partial charge in [0.1, 0.15) is 0 Å². The van der Waals surface area contributed by atoms with E-state index >= 15 is 0 Å². The van der Waals surface area contributed by atoms with E-state index in [1.807, 2.05) is 18.5 Å². The van der Waals surface area contributed by atoms with E-state index in [1.54, 1.807) is 0 Å². The Kier molecular flexibility index (Phi) is 3.03. The van der Waals surface area contributed by atoms with Gasteiger partial charge in [-0.15, -0.1) is 0 Å². The molecule has 1 aromatic heterocycles. The number of H-pyrrole nitrogens is 1. The largest absolute Gasteiger partial charge is 0.367 e. The van der Waals surface area contributed by atoms with Gasteiger partial charge in [0.25, 0.3) is 5.24 Å². The Hall–Kier alpha value is -0.900. The van der Waals surface area contributed by atoms with Crippen molar-refractivity contribution in [3.63, 3.8) is 0 Å². The second-order valence-corrected chi connectivity index (χ2v) is 4.05. The van der Waals surface area contributed by atoms with Crippen LogP contribution in [0.5, 0.6) is 0 Å². The first-order valence-corrected chi connectivity index (χ1v) is 4.57. The Bertz CT molecular complexity index is 280. The number of carbonyl (C=O) groups is 1. The fraction of sp³-hybridized carbons (Fsp3) is 0.444. The highest BCUT2D eigenvalue weighted by Gasteiger charge is 2.20. The van der Waals surface area contributed by atoms with Gasteiger partial charge >= 0.3 is 0 Å². The molecule has 0 bridgehead atoms. The molecule has 1 heterocycles. The summed E-state index contributed by atoms with van der Waals surface area (Å²) in [6.45, 7) is 4.73. The van der Waals surface area contributed by atoms with Crippen LogP contribution in [0.3, 0.4) is 0 Å². The Morgan fingerprint density at radius 2 is 2.38 bits per heavy atom. The lowest BCUT2D eigenvalue weighted by Crippen LogP contribution is -2.33. The molecule has 0 aliphatic carbocycles. The standard InChI is InChI=1S/C9H14N2OS/c1-9(2,6-11-8(12)13)7-3-4-10-5-7/h3-5,10H,6H2,1-2H3,(H2,11,12,13). The summed E-state index contributed by atoms with van der Waals surface area (Å²) in [6.07, 6.45) is 3.81. The first-order chi connectivity index (χ1) is 6.02. The molecule has 0 aliphatic heterocycles. The van der Waals surface area contributed by atoms with Gasteiger partial charge < -0.3 is 10.3 Å². The highest BCUT2D eigenvalue weighted by Crippen LogP contribution is 2.21. The summed E-state index contributed by atoms with van der Waals surface area (Å²) >= 11 is 3.65. The molecule has 0 saturated heterocycles. The van der Waals surface area contributed by atoms with E-state index in [-0.39, 0.29) is 10.7 Å². The fourth-order valence-electron chi connectivity index (χ4n) is 1.14. The average molecular weight is 198 g/mol. The highest BCUT2D eigenvalue weighted by atomic mass is 32.1. The van der Waals surface area contributed by atoms with Crippen molar-refractivity contribution < 1.29 is 4.79 Å². The van der Waals surface area contributed by atoms with Gasteiger partial charge in [-0.1, -0.05) is 26.5 Å². The van der Waals surface area contributed by atoms with Crippen LogP contribution in [-0.4, -0.2) is 16.8 Å². The third-order valence-corrected chi connectivity index (χ3v) is 2.22. The van der Waals surface area contributed by atoms with E-state index in [4.69, 9.17) is 0 Å². The zero-order valence-corrected chi connectivity index (χ0v) is 8.69. The molecule has 0 saturated carbocycles. The first kappa shape index (κ1) is 10.2. The van der Waals surface area contributed by atoms with Crippen LogP contribution in [0.1, 0.15) is 19.4 Å². The van der Waals surface area contributed by atoms with Gasteiger partial charge in [0.2, 0.25) is 0 Å². The Morgan fingerprint density at radius 3 is 2.85 bits per heavy atom. The topological polar surface area (TPSA) is 44.9 Å². The van der Waals surface area contributed by atoms with E-state index < -0.39 is 0 Å². The van der Waals surface area contributed by atoms with Crippen molar-refractivity contribution in [2.45, 2.75) is 19.3 Å². The quantitative estimate of drug-likeness (QED) is 0.638. The molecular formula is C9H14N2OS. The Labute approximate surface area is 83.3 Å². The molecule has 72 valence electrons. The number of aromatic nitrogens is 1. The lowest BCUT2D eigenvalue weighted by Gasteiger charge is -2.23. The third-order valence-electron chi connectivity index (χ3n) is 2.06. The van der Waals surface area contributed by atoms with Crippen LogP contribution in [0.25, 0.3) is 0 Å². The summed E-state index contributed by atoms with van der Waals surface area (Å²) in [5.41, 5.74) is 1.12. The van der Waals surface area contributed by atoms with E-state index in [1.165, 1.54) is 5.56 Å². The maximum Gasteiger partial charge on any atom is 0.276 e. The third kappa shape index (κ3) is 2.81. The minimum Gasteiger partial charge on any atom is -0.367 e. The fourth-order valence-corrected chi connectivity index (χ4v) is 1.22.